The zero-order valence-corrected chi connectivity index (χ0v) is 17.6. The van der Waals surface area contributed by atoms with Crippen molar-refractivity contribution >= 4 is 23.9 Å². The molecule has 1 fully saturated rings. The molecule has 1 unspecified atom stereocenters. The van der Waals surface area contributed by atoms with Gasteiger partial charge in [-0.25, -0.2) is 19.2 Å². The van der Waals surface area contributed by atoms with Crippen molar-refractivity contribution in [3.63, 3.8) is 0 Å². The number of esters is 1. The highest BCUT2D eigenvalue weighted by Gasteiger charge is 2.24. The quantitative estimate of drug-likeness (QED) is 0.300. The van der Waals surface area contributed by atoms with E-state index in [0.717, 1.165) is 25.9 Å². The standard InChI is InChI=1S/C17H27N3O5.C2H2O4/c1-3-19(4-2)12-15(25-17(23)16(21)22)24-14-10-11-20(18-14)13-8-6-5-7-9-13;3-1(4)2(5)6/h10-11,13,15H,3-9,12H2,1-2H3,(H,21,22);(H,3,4)(H,5,6). The van der Waals surface area contributed by atoms with Crippen LogP contribution in [0.5, 0.6) is 5.88 Å². The van der Waals surface area contributed by atoms with E-state index in [9.17, 15) is 9.59 Å². The number of carboxylic acid groups (broad SMARTS) is 3. The third-order valence-corrected chi connectivity index (χ3v) is 4.68. The first kappa shape index (κ1) is 25.9. The van der Waals surface area contributed by atoms with E-state index in [-0.39, 0.29) is 6.54 Å². The number of carbonyl (C=O) groups is 4. The van der Waals surface area contributed by atoms with Gasteiger partial charge in [0.15, 0.2) is 0 Å². The van der Waals surface area contributed by atoms with Crippen molar-refractivity contribution in [3.05, 3.63) is 12.3 Å². The second-order valence-corrected chi connectivity index (χ2v) is 6.78. The number of hydrogen-bond donors (Lipinski definition) is 3. The smallest absolute Gasteiger partial charge is 0.420 e. The molecule has 174 valence electrons. The molecule has 1 aromatic heterocycles. The molecule has 0 radical (unpaired) electrons. The molecule has 1 saturated carbocycles. The van der Waals surface area contributed by atoms with Gasteiger partial charge in [-0.15, -0.1) is 5.10 Å². The van der Waals surface area contributed by atoms with Crippen LogP contribution in [0.15, 0.2) is 12.3 Å². The first-order chi connectivity index (χ1) is 14.7. The number of ether oxygens (including phenoxy) is 2. The van der Waals surface area contributed by atoms with Gasteiger partial charge in [0, 0.05) is 12.3 Å². The van der Waals surface area contributed by atoms with Crippen LogP contribution in [-0.4, -0.2) is 79.8 Å². The third-order valence-electron chi connectivity index (χ3n) is 4.68. The van der Waals surface area contributed by atoms with Crippen molar-refractivity contribution in [1.29, 1.82) is 0 Å². The predicted octanol–water partition coefficient (Wildman–Crippen LogP) is 1.22. The summed E-state index contributed by atoms with van der Waals surface area (Å²) in [6, 6.07) is 2.09. The lowest BCUT2D eigenvalue weighted by molar-refractivity contribution is -0.179. The van der Waals surface area contributed by atoms with Gasteiger partial charge in [-0.2, -0.15) is 0 Å². The summed E-state index contributed by atoms with van der Waals surface area (Å²) in [5.41, 5.74) is 0. The lowest BCUT2D eigenvalue weighted by atomic mass is 9.96. The summed E-state index contributed by atoms with van der Waals surface area (Å²) in [6.45, 7) is 5.69. The van der Waals surface area contributed by atoms with Gasteiger partial charge in [0.25, 0.3) is 6.29 Å². The van der Waals surface area contributed by atoms with Gasteiger partial charge in [0.2, 0.25) is 5.88 Å². The van der Waals surface area contributed by atoms with Crippen LogP contribution in [0.1, 0.15) is 52.0 Å². The SMILES string of the molecule is CCN(CC)CC(OC(=O)C(=O)O)Oc1ccn(C2CCCCC2)n1.O=C(O)C(=O)O. The van der Waals surface area contributed by atoms with Crippen LogP contribution >= 0.6 is 0 Å². The Morgan fingerprint density at radius 1 is 1.06 bits per heavy atom. The lowest BCUT2D eigenvalue weighted by Gasteiger charge is -2.24. The normalized spacial score (nSPS) is 14.8. The number of carboxylic acids is 3. The fourth-order valence-corrected chi connectivity index (χ4v) is 3.03. The van der Waals surface area contributed by atoms with Gasteiger partial charge >= 0.3 is 23.9 Å². The van der Waals surface area contributed by atoms with Gasteiger partial charge in [-0.05, 0) is 25.9 Å². The highest BCUT2D eigenvalue weighted by Crippen LogP contribution is 2.28. The average molecular weight is 443 g/mol. The van der Waals surface area contributed by atoms with E-state index in [1.165, 1.54) is 19.3 Å². The molecule has 3 N–H and O–H groups in total. The Labute approximate surface area is 179 Å². The van der Waals surface area contributed by atoms with E-state index >= 15 is 0 Å². The van der Waals surface area contributed by atoms with Gasteiger partial charge in [-0.1, -0.05) is 33.1 Å². The van der Waals surface area contributed by atoms with E-state index in [0.29, 0.717) is 11.9 Å². The molecule has 0 saturated heterocycles. The van der Waals surface area contributed by atoms with Crippen LogP contribution in [0.25, 0.3) is 0 Å². The van der Waals surface area contributed by atoms with Crippen LogP contribution in [-0.2, 0) is 23.9 Å². The Hall–Kier alpha value is -3.15. The number of nitrogens with zero attached hydrogens (tertiary/aromatic N) is 3. The summed E-state index contributed by atoms with van der Waals surface area (Å²) in [5.74, 6) is -6.28. The van der Waals surface area contributed by atoms with Gasteiger partial charge in [-0.3, -0.25) is 9.58 Å². The predicted molar refractivity (Wildman–Crippen MR) is 106 cm³/mol. The van der Waals surface area contributed by atoms with E-state index in [1.807, 2.05) is 29.6 Å². The van der Waals surface area contributed by atoms with Gasteiger partial charge in [0.05, 0.1) is 12.6 Å². The monoisotopic (exact) mass is 443 g/mol. The molecular weight excluding hydrogens is 414 g/mol. The van der Waals surface area contributed by atoms with Crippen molar-refractivity contribution in [2.75, 3.05) is 19.6 Å². The number of likely N-dealkylation sites (N-methyl/N-ethyl adjacent to an activating group) is 1. The minimum Gasteiger partial charge on any atom is -0.473 e. The minimum atomic E-state index is -1.82. The Balaban J connectivity index is 0.000000703. The molecular formula is C19H29N3O9. The molecule has 31 heavy (non-hydrogen) atoms. The van der Waals surface area contributed by atoms with Crippen molar-refractivity contribution < 1.29 is 44.0 Å². The van der Waals surface area contributed by atoms with Gasteiger partial charge in [0.1, 0.15) is 0 Å². The zero-order valence-electron chi connectivity index (χ0n) is 17.6. The van der Waals surface area contributed by atoms with Crippen molar-refractivity contribution in [3.8, 4) is 5.88 Å². The van der Waals surface area contributed by atoms with Crippen LogP contribution < -0.4 is 4.74 Å². The molecule has 0 bridgehead atoms. The van der Waals surface area contributed by atoms with Crippen molar-refractivity contribution in [2.24, 2.45) is 0 Å². The summed E-state index contributed by atoms with van der Waals surface area (Å²) >= 11 is 0. The molecule has 1 aliphatic rings. The molecule has 0 spiro atoms. The molecule has 12 heteroatoms. The van der Waals surface area contributed by atoms with E-state index in [4.69, 9.17) is 34.4 Å². The van der Waals surface area contributed by atoms with Crippen molar-refractivity contribution in [2.45, 2.75) is 58.3 Å². The summed E-state index contributed by atoms with van der Waals surface area (Å²) in [6.07, 6.45) is 6.69. The molecule has 1 aliphatic carbocycles. The zero-order chi connectivity index (χ0) is 23.4. The average Bonchev–Trinajstić information content (AvgIpc) is 3.21. The molecule has 1 atom stereocenters. The Morgan fingerprint density at radius 2 is 1.65 bits per heavy atom. The molecule has 0 aromatic carbocycles. The number of aliphatic carboxylic acids is 3. The molecule has 0 amide bonds. The topological polar surface area (TPSA) is 168 Å². The Kier molecular flexibility index (Phi) is 11.0. The second kappa shape index (κ2) is 13.2. The second-order valence-electron chi connectivity index (χ2n) is 6.78. The fraction of sp³-hybridized carbons (Fsp3) is 0.632. The van der Waals surface area contributed by atoms with E-state index in [1.54, 1.807) is 6.07 Å². The Morgan fingerprint density at radius 3 is 2.13 bits per heavy atom. The highest BCUT2D eigenvalue weighted by molar-refractivity contribution is 6.28. The molecule has 12 nitrogen and oxygen atoms in total. The summed E-state index contributed by atoms with van der Waals surface area (Å²) in [5, 5.41) is 28.0. The molecule has 1 heterocycles. The van der Waals surface area contributed by atoms with Crippen LogP contribution in [0.2, 0.25) is 0 Å². The van der Waals surface area contributed by atoms with Crippen LogP contribution in [0.4, 0.5) is 0 Å². The number of hydrogen-bond acceptors (Lipinski definition) is 8. The first-order valence-corrected chi connectivity index (χ1v) is 10.0. The fourth-order valence-electron chi connectivity index (χ4n) is 3.03. The van der Waals surface area contributed by atoms with Crippen LogP contribution in [0, 0.1) is 0 Å². The van der Waals surface area contributed by atoms with Gasteiger partial charge < -0.3 is 24.8 Å². The molecule has 1 aromatic rings. The maximum absolute atomic E-state index is 11.4. The summed E-state index contributed by atoms with van der Waals surface area (Å²) in [7, 11) is 0. The Bertz CT molecular complexity index is 728. The summed E-state index contributed by atoms with van der Waals surface area (Å²) in [4.78, 5) is 42.4. The van der Waals surface area contributed by atoms with E-state index in [2.05, 4.69) is 5.10 Å². The first-order valence-electron chi connectivity index (χ1n) is 10.0. The van der Waals surface area contributed by atoms with Crippen LogP contribution in [0.3, 0.4) is 0 Å². The molecule has 2 rings (SSSR count). The van der Waals surface area contributed by atoms with Crippen molar-refractivity contribution in [1.82, 2.24) is 14.7 Å². The van der Waals surface area contributed by atoms with E-state index < -0.39 is 30.2 Å². The maximum Gasteiger partial charge on any atom is 0.420 e. The minimum absolute atomic E-state index is 0.280. The largest absolute Gasteiger partial charge is 0.473 e. The third kappa shape index (κ3) is 9.47. The number of carbonyl (C=O) groups excluding carboxylic acids is 1. The summed E-state index contributed by atoms with van der Waals surface area (Å²) < 4.78 is 12.5. The highest BCUT2D eigenvalue weighted by atomic mass is 16.7. The lowest BCUT2D eigenvalue weighted by Crippen LogP contribution is -2.39. The molecule has 0 aliphatic heterocycles. The maximum atomic E-state index is 11.4. The number of rotatable bonds is 8. The number of aromatic nitrogens is 2.